The average Bonchev–Trinajstić information content (AvgIpc) is 2.19. The fourth-order valence-electron chi connectivity index (χ4n) is 2.32. The van der Waals surface area contributed by atoms with Crippen LogP contribution in [0.2, 0.25) is 0 Å². The molecule has 2 rings (SSSR count). The summed E-state index contributed by atoms with van der Waals surface area (Å²) < 4.78 is 0. The molecule has 0 aromatic heterocycles. The molecule has 2 amide bonds. The molecule has 1 heterocycles. The van der Waals surface area contributed by atoms with E-state index in [1.165, 1.54) is 6.42 Å². The highest BCUT2D eigenvalue weighted by molar-refractivity contribution is 5.95. The molecule has 2 fully saturated rings. The minimum atomic E-state index is -0.299. The predicted octanol–water partition coefficient (Wildman–Crippen LogP) is 0.912. The number of carbonyl (C=O) groups excluding carboxylic acids is 2. The monoisotopic (exact) mass is 224 g/mol. The lowest BCUT2D eigenvalue weighted by Gasteiger charge is -2.43. The lowest BCUT2D eigenvalue weighted by molar-refractivity contribution is -0.149. The summed E-state index contributed by atoms with van der Waals surface area (Å²) in [7, 11) is 0. The largest absolute Gasteiger partial charge is 0.342 e. The van der Waals surface area contributed by atoms with Crippen LogP contribution in [0.3, 0.4) is 0 Å². The second kappa shape index (κ2) is 4.44. The molecule has 0 spiro atoms. The average molecular weight is 224 g/mol. The summed E-state index contributed by atoms with van der Waals surface area (Å²) in [5.41, 5.74) is 0. The van der Waals surface area contributed by atoms with E-state index in [1.807, 2.05) is 13.8 Å². The van der Waals surface area contributed by atoms with Crippen LogP contribution in [-0.2, 0) is 9.59 Å². The highest BCUT2D eigenvalue weighted by atomic mass is 16.2. The normalized spacial score (nSPS) is 28.6. The number of amides is 2. The molecule has 0 bridgehead atoms. The van der Waals surface area contributed by atoms with E-state index in [1.54, 1.807) is 4.90 Å². The van der Waals surface area contributed by atoms with E-state index >= 15 is 0 Å². The zero-order chi connectivity index (χ0) is 11.7. The molecule has 1 saturated carbocycles. The van der Waals surface area contributed by atoms with E-state index < -0.39 is 0 Å². The summed E-state index contributed by atoms with van der Waals surface area (Å²) in [6.07, 6.45) is 4.22. The molecular weight excluding hydrogens is 204 g/mol. The van der Waals surface area contributed by atoms with Gasteiger partial charge in [-0.15, -0.1) is 0 Å². The van der Waals surface area contributed by atoms with Gasteiger partial charge in [-0.2, -0.15) is 0 Å². The second-order valence-corrected chi connectivity index (χ2v) is 4.98. The van der Waals surface area contributed by atoms with Crippen LogP contribution in [0, 0.1) is 5.92 Å². The van der Waals surface area contributed by atoms with Gasteiger partial charge in [0.05, 0.1) is 6.54 Å². The first kappa shape index (κ1) is 11.4. The van der Waals surface area contributed by atoms with Gasteiger partial charge >= 0.3 is 0 Å². The van der Waals surface area contributed by atoms with Crippen LogP contribution >= 0.6 is 0 Å². The minimum absolute atomic E-state index is 0.00296. The zero-order valence-electron chi connectivity index (χ0n) is 10.0. The number of piperazine rings is 1. The quantitative estimate of drug-likeness (QED) is 0.774. The number of carbonyl (C=O) groups is 2. The highest BCUT2D eigenvalue weighted by Gasteiger charge is 2.40. The Bertz CT molecular complexity index is 281. The molecule has 0 aromatic carbocycles. The number of rotatable bonds is 3. The summed E-state index contributed by atoms with van der Waals surface area (Å²) >= 11 is 0. The van der Waals surface area contributed by atoms with E-state index in [0.717, 1.165) is 19.3 Å². The van der Waals surface area contributed by atoms with E-state index in [-0.39, 0.29) is 30.3 Å². The Morgan fingerprint density at radius 3 is 2.62 bits per heavy atom. The van der Waals surface area contributed by atoms with E-state index in [2.05, 4.69) is 5.32 Å². The van der Waals surface area contributed by atoms with Crippen LogP contribution in [0.15, 0.2) is 0 Å². The lowest BCUT2D eigenvalue weighted by atomic mass is 9.88. The van der Waals surface area contributed by atoms with Gasteiger partial charge < -0.3 is 10.2 Å². The number of hydrogen-bond acceptors (Lipinski definition) is 2. The number of nitrogens with zero attached hydrogens (tertiary/aromatic N) is 1. The van der Waals surface area contributed by atoms with Crippen LogP contribution in [0.5, 0.6) is 0 Å². The van der Waals surface area contributed by atoms with Gasteiger partial charge in [-0.05, 0) is 25.2 Å². The first-order chi connectivity index (χ1) is 7.63. The Balaban J connectivity index is 2.09. The highest BCUT2D eigenvalue weighted by Crippen LogP contribution is 2.27. The third-order valence-electron chi connectivity index (χ3n) is 3.91. The van der Waals surface area contributed by atoms with Crippen molar-refractivity contribution in [3.63, 3.8) is 0 Å². The van der Waals surface area contributed by atoms with Crippen LogP contribution in [-0.4, -0.2) is 35.3 Å². The Morgan fingerprint density at radius 1 is 1.44 bits per heavy atom. The van der Waals surface area contributed by atoms with Crippen LogP contribution in [0.4, 0.5) is 0 Å². The molecule has 4 nitrogen and oxygen atoms in total. The van der Waals surface area contributed by atoms with Crippen molar-refractivity contribution in [2.75, 3.05) is 6.54 Å². The van der Waals surface area contributed by atoms with Crippen molar-refractivity contribution >= 4 is 11.8 Å². The van der Waals surface area contributed by atoms with E-state index in [9.17, 15) is 9.59 Å². The van der Waals surface area contributed by atoms with Crippen LogP contribution < -0.4 is 5.32 Å². The Hall–Kier alpha value is -1.06. The summed E-state index contributed by atoms with van der Waals surface area (Å²) in [6.45, 7) is 4.33. The molecule has 2 unspecified atom stereocenters. The minimum Gasteiger partial charge on any atom is -0.342 e. The smallest absolute Gasteiger partial charge is 0.246 e. The molecule has 1 aliphatic heterocycles. The van der Waals surface area contributed by atoms with E-state index in [4.69, 9.17) is 0 Å². The molecular formula is C12H20N2O2. The second-order valence-electron chi connectivity index (χ2n) is 4.98. The standard InChI is InChI=1S/C12H20N2O2/c1-3-8(2)11-12(16)14(7-10(15)13-11)9-5-4-6-9/h8-9,11H,3-7H2,1-2H3,(H,13,15). The molecule has 2 atom stereocenters. The maximum absolute atomic E-state index is 12.2. The van der Waals surface area contributed by atoms with Gasteiger partial charge in [0.25, 0.3) is 0 Å². The molecule has 4 heteroatoms. The molecule has 2 aliphatic rings. The molecule has 1 aliphatic carbocycles. The first-order valence-electron chi connectivity index (χ1n) is 6.23. The van der Waals surface area contributed by atoms with Crippen molar-refractivity contribution in [2.24, 2.45) is 5.92 Å². The van der Waals surface area contributed by atoms with Gasteiger partial charge in [0.2, 0.25) is 11.8 Å². The van der Waals surface area contributed by atoms with Crippen molar-refractivity contribution < 1.29 is 9.59 Å². The SMILES string of the molecule is CCC(C)C1NC(=O)CN(C2CCC2)C1=O. The van der Waals surface area contributed by atoms with Gasteiger partial charge in [0.15, 0.2) is 0 Å². The van der Waals surface area contributed by atoms with Crippen molar-refractivity contribution in [3.05, 3.63) is 0 Å². The first-order valence-corrected chi connectivity index (χ1v) is 6.23. The van der Waals surface area contributed by atoms with Gasteiger partial charge in [-0.25, -0.2) is 0 Å². The zero-order valence-corrected chi connectivity index (χ0v) is 10.0. The third kappa shape index (κ3) is 1.93. The fraction of sp³-hybridized carbons (Fsp3) is 0.833. The van der Waals surface area contributed by atoms with Gasteiger partial charge in [0.1, 0.15) is 6.04 Å². The molecule has 1 N–H and O–H groups in total. The molecule has 16 heavy (non-hydrogen) atoms. The predicted molar refractivity (Wildman–Crippen MR) is 60.7 cm³/mol. The molecule has 90 valence electrons. The topological polar surface area (TPSA) is 49.4 Å². The van der Waals surface area contributed by atoms with Crippen LogP contribution in [0.25, 0.3) is 0 Å². The van der Waals surface area contributed by atoms with Crippen molar-refractivity contribution in [1.29, 1.82) is 0 Å². The van der Waals surface area contributed by atoms with Crippen molar-refractivity contribution in [1.82, 2.24) is 10.2 Å². The van der Waals surface area contributed by atoms with Crippen LogP contribution in [0.1, 0.15) is 39.5 Å². The summed E-state index contributed by atoms with van der Waals surface area (Å²) in [5, 5.41) is 2.82. The summed E-state index contributed by atoms with van der Waals surface area (Å²) in [4.78, 5) is 25.6. The maximum atomic E-state index is 12.2. The number of hydrogen-bond donors (Lipinski definition) is 1. The van der Waals surface area contributed by atoms with Crippen molar-refractivity contribution in [3.8, 4) is 0 Å². The van der Waals surface area contributed by atoms with Gasteiger partial charge in [0, 0.05) is 6.04 Å². The lowest BCUT2D eigenvalue weighted by Crippen LogP contribution is -2.63. The maximum Gasteiger partial charge on any atom is 0.246 e. The van der Waals surface area contributed by atoms with E-state index in [0.29, 0.717) is 6.04 Å². The summed E-state index contributed by atoms with van der Waals surface area (Å²) in [5.74, 6) is 0.342. The van der Waals surface area contributed by atoms with Gasteiger partial charge in [-0.3, -0.25) is 9.59 Å². The molecule has 1 saturated heterocycles. The summed E-state index contributed by atoms with van der Waals surface area (Å²) in [6, 6.07) is 0.0250. The molecule has 0 radical (unpaired) electrons. The molecule has 0 aromatic rings. The fourth-order valence-corrected chi connectivity index (χ4v) is 2.32. The number of nitrogens with one attached hydrogen (secondary N) is 1. The Kier molecular flexibility index (Phi) is 3.17. The third-order valence-corrected chi connectivity index (χ3v) is 3.91. The Labute approximate surface area is 96.4 Å². The van der Waals surface area contributed by atoms with Gasteiger partial charge in [-0.1, -0.05) is 20.3 Å². The van der Waals surface area contributed by atoms with Crippen molar-refractivity contribution in [2.45, 2.75) is 51.6 Å². The Morgan fingerprint density at radius 2 is 2.12 bits per heavy atom.